The fraction of sp³-hybridized carbons (Fsp3) is 0.300. The molecule has 14 heavy (non-hydrogen) atoms. The molecule has 0 fully saturated rings. The normalized spacial score (nSPS) is 10.2. The smallest absolute Gasteiger partial charge is 0.316 e. The van der Waals surface area contributed by atoms with Crippen LogP contribution in [0.15, 0.2) is 24.3 Å². The molecule has 3 N–H and O–H groups in total. The Balaban J connectivity index is 2.85. The van der Waals surface area contributed by atoms with E-state index in [0.717, 1.165) is 17.8 Å². The molecule has 0 aliphatic rings. The predicted molar refractivity (Wildman–Crippen MR) is 57.0 cm³/mol. The average molecular weight is 193 g/mol. The highest BCUT2D eigenvalue weighted by atomic mass is 16.2. The van der Waals surface area contributed by atoms with Crippen molar-refractivity contribution in [2.75, 3.05) is 19.4 Å². The number of carbonyl (C=O) groups excluding carboxylic acids is 1. The fourth-order valence-electron chi connectivity index (χ4n) is 1.25. The molecular weight excluding hydrogens is 178 g/mol. The molecule has 0 radical (unpaired) electrons. The maximum absolute atomic E-state index is 10.7. The van der Waals surface area contributed by atoms with E-state index in [1.165, 1.54) is 0 Å². The molecule has 0 bridgehead atoms. The highest BCUT2D eigenvalue weighted by molar-refractivity contribution is 5.88. The van der Waals surface area contributed by atoms with E-state index in [-0.39, 0.29) is 0 Å². The van der Waals surface area contributed by atoms with E-state index < -0.39 is 6.03 Å². The lowest BCUT2D eigenvalue weighted by Crippen LogP contribution is -2.21. The zero-order valence-corrected chi connectivity index (χ0v) is 8.45. The molecule has 76 valence electrons. The van der Waals surface area contributed by atoms with Crippen molar-refractivity contribution in [1.29, 1.82) is 0 Å². The number of hydrogen-bond acceptors (Lipinski definition) is 2. The predicted octanol–water partition coefficient (Wildman–Crippen LogP) is 1.24. The van der Waals surface area contributed by atoms with Crippen molar-refractivity contribution in [1.82, 2.24) is 4.90 Å². The van der Waals surface area contributed by atoms with Crippen molar-refractivity contribution in [2.45, 2.75) is 6.54 Å². The molecule has 1 rings (SSSR count). The highest BCUT2D eigenvalue weighted by Gasteiger charge is 2.03. The van der Waals surface area contributed by atoms with Crippen LogP contribution in [0.1, 0.15) is 5.56 Å². The molecule has 0 aliphatic carbocycles. The first-order chi connectivity index (χ1) is 6.59. The van der Waals surface area contributed by atoms with Gasteiger partial charge >= 0.3 is 6.03 Å². The third-order valence-electron chi connectivity index (χ3n) is 1.76. The van der Waals surface area contributed by atoms with Crippen molar-refractivity contribution < 1.29 is 4.79 Å². The summed E-state index contributed by atoms with van der Waals surface area (Å²) in [5.41, 5.74) is 6.88. The first-order valence-corrected chi connectivity index (χ1v) is 4.38. The van der Waals surface area contributed by atoms with Gasteiger partial charge in [-0.3, -0.25) is 0 Å². The largest absolute Gasteiger partial charge is 0.351 e. The summed E-state index contributed by atoms with van der Waals surface area (Å²) in [5, 5.41) is 2.59. The van der Waals surface area contributed by atoms with Gasteiger partial charge in [-0.1, -0.05) is 18.2 Å². The minimum absolute atomic E-state index is 0.531. The molecule has 0 heterocycles. The van der Waals surface area contributed by atoms with Crippen LogP contribution in [0.3, 0.4) is 0 Å². The van der Waals surface area contributed by atoms with Gasteiger partial charge in [-0.25, -0.2) is 4.79 Å². The number of rotatable bonds is 3. The average Bonchev–Trinajstić information content (AvgIpc) is 2.06. The Hall–Kier alpha value is -1.55. The molecule has 0 unspecified atom stereocenters. The first kappa shape index (κ1) is 10.5. The van der Waals surface area contributed by atoms with E-state index in [2.05, 4.69) is 5.32 Å². The van der Waals surface area contributed by atoms with Crippen LogP contribution in [-0.2, 0) is 6.54 Å². The van der Waals surface area contributed by atoms with Crippen LogP contribution >= 0.6 is 0 Å². The van der Waals surface area contributed by atoms with Gasteiger partial charge in [0, 0.05) is 12.2 Å². The second kappa shape index (κ2) is 4.62. The summed E-state index contributed by atoms with van der Waals surface area (Å²) in [7, 11) is 3.95. The van der Waals surface area contributed by atoms with Crippen LogP contribution in [0.4, 0.5) is 10.5 Å². The number of amides is 2. The molecule has 4 heteroatoms. The van der Waals surface area contributed by atoms with Gasteiger partial charge in [0.05, 0.1) is 0 Å². The van der Waals surface area contributed by atoms with Crippen LogP contribution in [0, 0.1) is 0 Å². The SMILES string of the molecule is CN(C)Cc1ccccc1NC(N)=O. The van der Waals surface area contributed by atoms with Crippen LogP contribution in [0.25, 0.3) is 0 Å². The summed E-state index contributed by atoms with van der Waals surface area (Å²) < 4.78 is 0. The zero-order chi connectivity index (χ0) is 10.6. The van der Waals surface area contributed by atoms with Crippen molar-refractivity contribution in [3.05, 3.63) is 29.8 Å². The monoisotopic (exact) mass is 193 g/mol. The molecule has 4 nitrogen and oxygen atoms in total. The van der Waals surface area contributed by atoms with Crippen LogP contribution in [0.5, 0.6) is 0 Å². The van der Waals surface area contributed by atoms with Crippen LogP contribution in [-0.4, -0.2) is 25.0 Å². The molecule has 0 spiro atoms. The first-order valence-electron chi connectivity index (χ1n) is 4.38. The van der Waals surface area contributed by atoms with E-state index in [9.17, 15) is 4.79 Å². The number of benzene rings is 1. The number of nitrogens with two attached hydrogens (primary N) is 1. The number of urea groups is 1. The van der Waals surface area contributed by atoms with Crippen LogP contribution in [0.2, 0.25) is 0 Å². The Kier molecular flexibility index (Phi) is 3.48. The van der Waals surface area contributed by atoms with Gasteiger partial charge in [0.15, 0.2) is 0 Å². The van der Waals surface area contributed by atoms with Gasteiger partial charge in [-0.15, -0.1) is 0 Å². The Labute approximate surface area is 83.7 Å². The lowest BCUT2D eigenvalue weighted by Gasteiger charge is -2.13. The Morgan fingerprint density at radius 2 is 2.07 bits per heavy atom. The van der Waals surface area contributed by atoms with Gasteiger partial charge in [-0.05, 0) is 25.7 Å². The molecule has 0 aromatic heterocycles. The lowest BCUT2D eigenvalue weighted by molar-refractivity contribution is 0.259. The van der Waals surface area contributed by atoms with Gasteiger partial charge in [0.1, 0.15) is 0 Å². The van der Waals surface area contributed by atoms with Gasteiger partial charge in [0.2, 0.25) is 0 Å². The van der Waals surface area contributed by atoms with Gasteiger partial charge < -0.3 is 16.0 Å². The number of carbonyl (C=O) groups is 1. The van der Waals surface area contributed by atoms with E-state index >= 15 is 0 Å². The minimum Gasteiger partial charge on any atom is -0.351 e. The molecule has 0 aliphatic heterocycles. The Bertz CT molecular complexity index is 323. The summed E-state index contributed by atoms with van der Waals surface area (Å²) in [5.74, 6) is 0. The molecular formula is C10H15N3O. The number of para-hydroxylation sites is 1. The number of primary amides is 1. The summed E-state index contributed by atoms with van der Waals surface area (Å²) in [6, 6.07) is 7.07. The summed E-state index contributed by atoms with van der Waals surface area (Å²) in [6.07, 6.45) is 0. The highest BCUT2D eigenvalue weighted by Crippen LogP contribution is 2.15. The standard InChI is InChI=1S/C10H15N3O/c1-13(2)7-8-5-3-4-6-9(8)12-10(11)14/h3-6H,7H2,1-2H3,(H3,11,12,14). The Morgan fingerprint density at radius 1 is 1.43 bits per heavy atom. The van der Waals surface area contributed by atoms with Gasteiger partial charge in [-0.2, -0.15) is 0 Å². The second-order valence-corrected chi connectivity index (χ2v) is 3.38. The zero-order valence-electron chi connectivity index (χ0n) is 8.45. The summed E-state index contributed by atoms with van der Waals surface area (Å²) in [6.45, 7) is 0.774. The molecule has 0 saturated heterocycles. The summed E-state index contributed by atoms with van der Waals surface area (Å²) in [4.78, 5) is 12.7. The number of nitrogens with zero attached hydrogens (tertiary/aromatic N) is 1. The molecule has 0 saturated carbocycles. The van der Waals surface area contributed by atoms with Crippen molar-refractivity contribution in [3.8, 4) is 0 Å². The quantitative estimate of drug-likeness (QED) is 0.758. The van der Waals surface area contributed by atoms with E-state index in [0.29, 0.717) is 0 Å². The topological polar surface area (TPSA) is 58.4 Å². The minimum atomic E-state index is -0.531. The second-order valence-electron chi connectivity index (χ2n) is 3.38. The lowest BCUT2D eigenvalue weighted by atomic mass is 10.1. The van der Waals surface area contributed by atoms with E-state index in [1.54, 1.807) is 0 Å². The number of nitrogens with one attached hydrogen (secondary N) is 1. The maximum Gasteiger partial charge on any atom is 0.316 e. The molecule has 2 amide bonds. The molecule has 1 aromatic carbocycles. The van der Waals surface area contributed by atoms with Crippen molar-refractivity contribution >= 4 is 11.7 Å². The third-order valence-corrected chi connectivity index (χ3v) is 1.76. The van der Waals surface area contributed by atoms with E-state index in [1.807, 2.05) is 43.3 Å². The molecule has 0 atom stereocenters. The maximum atomic E-state index is 10.7. The number of anilines is 1. The van der Waals surface area contributed by atoms with Crippen LogP contribution < -0.4 is 11.1 Å². The van der Waals surface area contributed by atoms with Gasteiger partial charge in [0.25, 0.3) is 0 Å². The Morgan fingerprint density at radius 3 is 2.64 bits per heavy atom. The molecule has 1 aromatic rings. The van der Waals surface area contributed by atoms with Crippen molar-refractivity contribution in [3.63, 3.8) is 0 Å². The number of hydrogen-bond donors (Lipinski definition) is 2. The van der Waals surface area contributed by atoms with E-state index in [4.69, 9.17) is 5.73 Å². The third kappa shape index (κ3) is 3.06. The summed E-state index contributed by atoms with van der Waals surface area (Å²) >= 11 is 0. The fourth-order valence-corrected chi connectivity index (χ4v) is 1.25. The van der Waals surface area contributed by atoms with Crippen molar-refractivity contribution in [2.24, 2.45) is 5.73 Å².